The number of amides is 1. The molecule has 1 heterocycles. The van der Waals surface area contributed by atoms with E-state index in [1.165, 1.54) is 4.90 Å². The molecule has 0 aliphatic carbocycles. The normalized spacial score (nSPS) is 8.83. The van der Waals surface area contributed by atoms with E-state index in [0.717, 1.165) is 11.5 Å². The van der Waals surface area contributed by atoms with Crippen molar-refractivity contribution in [3.8, 4) is 0 Å². The summed E-state index contributed by atoms with van der Waals surface area (Å²) in [6, 6.07) is 0. The van der Waals surface area contributed by atoms with Crippen LogP contribution in [0.1, 0.15) is 10.5 Å². The zero-order valence-electron chi connectivity index (χ0n) is 6.64. The van der Waals surface area contributed by atoms with E-state index < -0.39 is 0 Å². The van der Waals surface area contributed by atoms with Crippen molar-refractivity contribution in [2.75, 3.05) is 19.8 Å². The van der Waals surface area contributed by atoms with E-state index in [4.69, 9.17) is 5.73 Å². The molecule has 0 saturated carbocycles. The lowest BCUT2D eigenvalue weighted by Gasteiger charge is -2.06. The largest absolute Gasteiger partial charge is 0.387 e. The van der Waals surface area contributed by atoms with Gasteiger partial charge in [-0.2, -0.15) is 0 Å². The lowest BCUT2D eigenvalue weighted by Crippen LogP contribution is -2.22. The van der Waals surface area contributed by atoms with E-state index >= 15 is 0 Å². The number of hydrogen-bond donors (Lipinski definition) is 1. The summed E-state index contributed by atoms with van der Waals surface area (Å²) < 4.78 is 3.54. The van der Waals surface area contributed by atoms with Gasteiger partial charge in [-0.05, 0) is 0 Å². The molecule has 0 fully saturated rings. The molecule has 0 unspecified atom stereocenters. The van der Waals surface area contributed by atoms with Gasteiger partial charge in [-0.1, -0.05) is 4.49 Å². The monoisotopic (exact) mass is 208 g/mol. The summed E-state index contributed by atoms with van der Waals surface area (Å²) in [6.45, 7) is 0. The third-order valence-electron chi connectivity index (χ3n) is 1.12. The molecule has 1 rings (SSSR count). The van der Waals surface area contributed by atoms with E-state index in [1.54, 1.807) is 14.1 Å². The fraction of sp³-hybridized carbons (Fsp3) is 0.400. The van der Waals surface area contributed by atoms with E-state index in [2.05, 4.69) is 9.59 Å². The van der Waals surface area contributed by atoms with Crippen molar-refractivity contribution in [1.82, 2.24) is 14.5 Å². The Morgan fingerprint density at radius 2 is 2.17 bits per heavy atom. The van der Waals surface area contributed by atoms with Crippen LogP contribution < -0.4 is 5.73 Å². The smallest absolute Gasteiger partial charge is 0.276 e. The highest BCUT2D eigenvalue weighted by Gasteiger charge is 2.15. The first-order chi connectivity index (χ1) is 5.13. The first-order valence-corrected chi connectivity index (χ1v) is 3.69. The van der Waals surface area contributed by atoms with Crippen molar-refractivity contribution in [1.29, 1.82) is 0 Å². The van der Waals surface area contributed by atoms with Crippen LogP contribution in [-0.4, -0.2) is 34.5 Å². The molecule has 1 amide bonds. The van der Waals surface area contributed by atoms with Gasteiger partial charge in [0.1, 0.15) is 5.00 Å². The average molecular weight is 209 g/mol. The molecule has 1 aromatic rings. The minimum Gasteiger partial charge on any atom is -0.387 e. The molecule has 12 heavy (non-hydrogen) atoms. The first-order valence-electron chi connectivity index (χ1n) is 2.92. The fourth-order valence-electron chi connectivity index (χ4n) is 0.558. The summed E-state index contributed by atoms with van der Waals surface area (Å²) in [6.07, 6.45) is 0. The SMILES string of the molecule is CN(C)C(=O)c1nnsc1N.Cl. The molecule has 0 spiro atoms. The van der Waals surface area contributed by atoms with Crippen molar-refractivity contribution >= 4 is 34.8 Å². The Morgan fingerprint density at radius 1 is 1.58 bits per heavy atom. The van der Waals surface area contributed by atoms with Crippen molar-refractivity contribution < 1.29 is 4.79 Å². The van der Waals surface area contributed by atoms with Crippen LogP contribution in [0.2, 0.25) is 0 Å². The second-order valence-corrected chi connectivity index (χ2v) is 2.97. The van der Waals surface area contributed by atoms with Crippen molar-refractivity contribution in [3.63, 3.8) is 0 Å². The van der Waals surface area contributed by atoms with Gasteiger partial charge < -0.3 is 10.6 Å². The predicted octanol–water partition coefficient (Wildman–Crippen LogP) is 0.244. The lowest BCUT2D eigenvalue weighted by molar-refractivity contribution is 0.0823. The molecule has 0 aliphatic heterocycles. The summed E-state index contributed by atoms with van der Waals surface area (Å²) in [5, 5.41) is 3.95. The quantitative estimate of drug-likeness (QED) is 0.718. The van der Waals surface area contributed by atoms with E-state index in [1.807, 2.05) is 0 Å². The van der Waals surface area contributed by atoms with Gasteiger partial charge in [-0.25, -0.2) is 0 Å². The number of aromatic nitrogens is 2. The fourth-order valence-corrected chi connectivity index (χ4v) is 0.983. The number of halogens is 1. The summed E-state index contributed by atoms with van der Waals surface area (Å²) in [5.41, 5.74) is 5.66. The number of anilines is 1. The molecule has 0 atom stereocenters. The van der Waals surface area contributed by atoms with Crippen LogP contribution >= 0.6 is 23.9 Å². The molecule has 0 radical (unpaired) electrons. The standard InChI is InChI=1S/C5H8N4OS.ClH/c1-9(2)5(10)3-4(6)11-8-7-3;/h6H2,1-2H3;1H. The molecule has 0 aromatic carbocycles. The van der Waals surface area contributed by atoms with Crippen LogP contribution in [0.5, 0.6) is 0 Å². The molecular weight excluding hydrogens is 200 g/mol. The summed E-state index contributed by atoms with van der Waals surface area (Å²) >= 11 is 1.02. The zero-order valence-corrected chi connectivity index (χ0v) is 8.28. The number of nitrogens with zero attached hydrogens (tertiary/aromatic N) is 3. The van der Waals surface area contributed by atoms with E-state index in [-0.39, 0.29) is 24.0 Å². The molecule has 7 heteroatoms. The maximum Gasteiger partial charge on any atom is 0.276 e. The predicted molar refractivity (Wildman–Crippen MR) is 49.6 cm³/mol. The van der Waals surface area contributed by atoms with Crippen LogP contribution in [0.3, 0.4) is 0 Å². The van der Waals surface area contributed by atoms with Crippen molar-refractivity contribution in [2.24, 2.45) is 0 Å². The topological polar surface area (TPSA) is 72.1 Å². The highest BCUT2D eigenvalue weighted by atomic mass is 35.5. The van der Waals surface area contributed by atoms with Gasteiger partial charge in [0.15, 0.2) is 5.69 Å². The van der Waals surface area contributed by atoms with Gasteiger partial charge in [0, 0.05) is 25.6 Å². The van der Waals surface area contributed by atoms with Crippen molar-refractivity contribution in [3.05, 3.63) is 5.69 Å². The molecule has 2 N–H and O–H groups in total. The van der Waals surface area contributed by atoms with Gasteiger partial charge in [-0.3, -0.25) is 4.79 Å². The summed E-state index contributed by atoms with van der Waals surface area (Å²) in [5.74, 6) is -0.212. The van der Waals surface area contributed by atoms with Crippen molar-refractivity contribution in [2.45, 2.75) is 0 Å². The number of rotatable bonds is 1. The van der Waals surface area contributed by atoms with Gasteiger partial charge in [0.25, 0.3) is 5.91 Å². The van der Waals surface area contributed by atoms with Crippen LogP contribution in [0.25, 0.3) is 0 Å². The lowest BCUT2D eigenvalue weighted by atomic mass is 10.4. The maximum atomic E-state index is 11.2. The van der Waals surface area contributed by atoms with Gasteiger partial charge in [-0.15, -0.1) is 17.5 Å². The molecule has 5 nitrogen and oxygen atoms in total. The summed E-state index contributed by atoms with van der Waals surface area (Å²) in [7, 11) is 3.28. The van der Waals surface area contributed by atoms with Gasteiger partial charge in [0.2, 0.25) is 0 Å². The Bertz CT molecular complexity index is 274. The minimum absolute atomic E-state index is 0. The van der Waals surface area contributed by atoms with Crippen LogP contribution in [0.15, 0.2) is 0 Å². The third kappa shape index (κ3) is 2.05. The third-order valence-corrected chi connectivity index (χ3v) is 1.68. The van der Waals surface area contributed by atoms with Crippen LogP contribution in [0, 0.1) is 0 Å². The second-order valence-electron chi connectivity index (χ2n) is 2.19. The summed E-state index contributed by atoms with van der Waals surface area (Å²) in [4.78, 5) is 12.6. The Morgan fingerprint density at radius 3 is 2.50 bits per heavy atom. The van der Waals surface area contributed by atoms with Crippen LogP contribution in [-0.2, 0) is 0 Å². The number of carbonyl (C=O) groups is 1. The van der Waals surface area contributed by atoms with Gasteiger partial charge in [0.05, 0.1) is 0 Å². The number of nitrogens with two attached hydrogens (primary N) is 1. The molecular formula is C5H9ClN4OS. The van der Waals surface area contributed by atoms with Crippen LogP contribution in [0.4, 0.5) is 5.00 Å². The molecule has 1 aromatic heterocycles. The average Bonchev–Trinajstić information content (AvgIpc) is 2.33. The molecule has 68 valence electrons. The Kier molecular flexibility index (Phi) is 3.91. The number of carbonyl (C=O) groups excluding carboxylic acids is 1. The number of hydrogen-bond acceptors (Lipinski definition) is 5. The second kappa shape index (κ2) is 4.22. The molecule has 0 bridgehead atoms. The maximum absolute atomic E-state index is 11.2. The van der Waals surface area contributed by atoms with Gasteiger partial charge >= 0.3 is 0 Å². The Hall–Kier alpha value is -0.880. The first kappa shape index (κ1) is 11.1. The molecule has 0 saturated heterocycles. The Balaban J connectivity index is 0.00000121. The highest BCUT2D eigenvalue weighted by Crippen LogP contribution is 2.13. The Labute approximate surface area is 80.1 Å². The number of nitrogen functional groups attached to an aromatic ring is 1. The molecule has 0 aliphatic rings. The highest BCUT2D eigenvalue weighted by molar-refractivity contribution is 7.10. The van der Waals surface area contributed by atoms with E-state index in [9.17, 15) is 4.79 Å². The zero-order chi connectivity index (χ0) is 8.43. The van der Waals surface area contributed by atoms with E-state index in [0.29, 0.717) is 5.00 Å². The minimum atomic E-state index is -0.212.